The number of anilines is 1. The molecule has 27 heavy (non-hydrogen) atoms. The van der Waals surface area contributed by atoms with Crippen LogP contribution in [0.15, 0.2) is 65.8 Å². The number of hydrogen-bond donors (Lipinski definition) is 0. The van der Waals surface area contributed by atoms with Gasteiger partial charge in [-0.25, -0.2) is 4.79 Å². The summed E-state index contributed by atoms with van der Waals surface area (Å²) < 4.78 is 5.31. The highest BCUT2D eigenvalue weighted by Crippen LogP contribution is 2.53. The number of esters is 1. The highest BCUT2D eigenvalue weighted by Gasteiger charge is 2.48. The standard InChI is InChI=1S/C22H17ClN2O2/c1-2-27-22(26)20-19-16-10-3-6-13-7-4-11-17(18(13)16)21(19)25(24-20)15-9-5-8-14(23)12-15/h3-12,19,21H,2H2,1H3/t19-,21+/m0/s1. The van der Waals surface area contributed by atoms with Gasteiger partial charge >= 0.3 is 5.97 Å². The Morgan fingerprint density at radius 3 is 2.59 bits per heavy atom. The molecule has 3 aromatic carbocycles. The minimum absolute atomic E-state index is 0.0797. The van der Waals surface area contributed by atoms with Crippen LogP contribution in [-0.4, -0.2) is 18.3 Å². The number of ether oxygens (including phenoxy) is 1. The van der Waals surface area contributed by atoms with Gasteiger partial charge in [-0.3, -0.25) is 5.01 Å². The van der Waals surface area contributed by atoms with Crippen molar-refractivity contribution >= 4 is 39.7 Å². The van der Waals surface area contributed by atoms with E-state index in [0.717, 1.165) is 11.3 Å². The molecule has 1 aliphatic heterocycles. The molecular formula is C22H17ClN2O2. The van der Waals surface area contributed by atoms with Crippen LogP contribution < -0.4 is 5.01 Å². The summed E-state index contributed by atoms with van der Waals surface area (Å²) in [5.41, 5.74) is 3.62. The number of carbonyl (C=O) groups excluding carboxylic acids is 1. The highest BCUT2D eigenvalue weighted by molar-refractivity contribution is 6.40. The lowest BCUT2D eigenvalue weighted by Gasteiger charge is -2.24. The van der Waals surface area contributed by atoms with Gasteiger partial charge in [-0.15, -0.1) is 0 Å². The molecule has 0 amide bonds. The van der Waals surface area contributed by atoms with Gasteiger partial charge in [0.15, 0.2) is 5.71 Å². The fourth-order valence-corrected chi connectivity index (χ4v) is 4.46. The SMILES string of the molecule is CCOC(=O)C1=NN(c2cccc(Cl)c2)[C@@H]2c3cccc4cccc(c34)[C@@H]12. The third kappa shape index (κ3) is 2.37. The number of nitrogens with zero attached hydrogens (tertiary/aromatic N) is 2. The Hall–Kier alpha value is -2.85. The number of fused-ring (bicyclic) bond motifs is 3. The predicted octanol–water partition coefficient (Wildman–Crippen LogP) is 5.07. The van der Waals surface area contributed by atoms with Crippen molar-refractivity contribution in [3.05, 3.63) is 76.8 Å². The molecule has 0 spiro atoms. The van der Waals surface area contributed by atoms with Crippen LogP contribution in [0.25, 0.3) is 10.8 Å². The Morgan fingerprint density at radius 1 is 1.11 bits per heavy atom. The van der Waals surface area contributed by atoms with Crippen molar-refractivity contribution in [2.24, 2.45) is 5.10 Å². The van der Waals surface area contributed by atoms with Crippen molar-refractivity contribution in [2.75, 3.05) is 11.6 Å². The first-order valence-corrected chi connectivity index (χ1v) is 9.39. The van der Waals surface area contributed by atoms with Gasteiger partial charge < -0.3 is 4.74 Å². The monoisotopic (exact) mass is 376 g/mol. The second kappa shape index (κ2) is 6.10. The molecule has 4 nitrogen and oxygen atoms in total. The van der Waals surface area contributed by atoms with E-state index in [1.54, 1.807) is 0 Å². The van der Waals surface area contributed by atoms with Gasteiger partial charge in [0.05, 0.1) is 24.3 Å². The molecule has 0 bridgehead atoms. The quantitative estimate of drug-likeness (QED) is 0.599. The molecule has 3 aromatic rings. The van der Waals surface area contributed by atoms with E-state index < -0.39 is 0 Å². The van der Waals surface area contributed by atoms with Crippen molar-refractivity contribution in [1.29, 1.82) is 0 Å². The van der Waals surface area contributed by atoms with Crippen LogP contribution in [-0.2, 0) is 9.53 Å². The van der Waals surface area contributed by atoms with E-state index in [0.29, 0.717) is 17.3 Å². The number of halogens is 1. The predicted molar refractivity (Wildman–Crippen MR) is 107 cm³/mol. The van der Waals surface area contributed by atoms with Crippen LogP contribution in [0.1, 0.15) is 30.0 Å². The summed E-state index contributed by atoms with van der Waals surface area (Å²) in [6.07, 6.45) is 0. The molecule has 5 heteroatoms. The van der Waals surface area contributed by atoms with Crippen LogP contribution in [0.5, 0.6) is 0 Å². The molecule has 0 aromatic heterocycles. The molecule has 1 heterocycles. The molecule has 2 atom stereocenters. The first kappa shape index (κ1) is 16.3. The van der Waals surface area contributed by atoms with Crippen LogP contribution in [0, 0.1) is 0 Å². The van der Waals surface area contributed by atoms with Crippen molar-refractivity contribution in [1.82, 2.24) is 0 Å². The smallest absolute Gasteiger partial charge is 0.355 e. The maximum Gasteiger partial charge on any atom is 0.355 e. The van der Waals surface area contributed by atoms with Crippen molar-refractivity contribution in [3.8, 4) is 0 Å². The van der Waals surface area contributed by atoms with Gasteiger partial charge in [-0.2, -0.15) is 5.10 Å². The minimum atomic E-state index is -0.359. The molecule has 0 fully saturated rings. The van der Waals surface area contributed by atoms with Gasteiger partial charge in [0.1, 0.15) is 0 Å². The third-order valence-electron chi connectivity index (χ3n) is 5.27. The number of benzene rings is 3. The fourth-order valence-electron chi connectivity index (χ4n) is 4.28. The zero-order chi connectivity index (χ0) is 18.5. The number of hydrogen-bond acceptors (Lipinski definition) is 4. The molecule has 0 unspecified atom stereocenters. The second-order valence-electron chi connectivity index (χ2n) is 6.75. The Balaban J connectivity index is 1.73. The Kier molecular flexibility index (Phi) is 3.69. The number of hydrazone groups is 1. The zero-order valence-electron chi connectivity index (χ0n) is 14.7. The lowest BCUT2D eigenvalue weighted by Crippen LogP contribution is -2.24. The third-order valence-corrected chi connectivity index (χ3v) is 5.50. The van der Waals surface area contributed by atoms with E-state index in [4.69, 9.17) is 21.4 Å². The summed E-state index contributed by atoms with van der Waals surface area (Å²) in [5.74, 6) is -0.508. The summed E-state index contributed by atoms with van der Waals surface area (Å²) in [5, 5.41) is 9.64. The van der Waals surface area contributed by atoms with Crippen LogP contribution in [0.2, 0.25) is 5.02 Å². The molecule has 0 radical (unpaired) electrons. The topological polar surface area (TPSA) is 41.9 Å². The first-order valence-electron chi connectivity index (χ1n) is 9.01. The summed E-state index contributed by atoms with van der Waals surface area (Å²) in [4.78, 5) is 12.7. The van der Waals surface area contributed by atoms with Crippen molar-refractivity contribution in [2.45, 2.75) is 18.9 Å². The average molecular weight is 377 g/mol. The van der Waals surface area contributed by atoms with Gasteiger partial charge in [-0.1, -0.05) is 54.1 Å². The second-order valence-corrected chi connectivity index (χ2v) is 7.18. The summed E-state index contributed by atoms with van der Waals surface area (Å²) in [7, 11) is 0. The molecule has 1 aliphatic carbocycles. The number of carbonyl (C=O) groups is 1. The van der Waals surface area contributed by atoms with Crippen LogP contribution >= 0.6 is 11.6 Å². The Labute approximate surface area is 162 Å². The number of rotatable bonds is 3. The maximum absolute atomic E-state index is 12.7. The van der Waals surface area contributed by atoms with Crippen molar-refractivity contribution in [3.63, 3.8) is 0 Å². The summed E-state index contributed by atoms with van der Waals surface area (Å²) in [6, 6.07) is 20.0. The molecular weight excluding hydrogens is 360 g/mol. The first-order chi connectivity index (χ1) is 13.2. The van der Waals surface area contributed by atoms with E-state index in [1.165, 1.54) is 16.3 Å². The summed E-state index contributed by atoms with van der Waals surface area (Å²) >= 11 is 6.22. The van der Waals surface area contributed by atoms with E-state index in [-0.39, 0.29) is 17.9 Å². The van der Waals surface area contributed by atoms with Crippen LogP contribution in [0.3, 0.4) is 0 Å². The molecule has 134 valence electrons. The average Bonchev–Trinajstić information content (AvgIpc) is 3.21. The van der Waals surface area contributed by atoms with E-state index >= 15 is 0 Å². The molecule has 0 N–H and O–H groups in total. The van der Waals surface area contributed by atoms with Crippen LogP contribution in [0.4, 0.5) is 5.69 Å². The van der Waals surface area contributed by atoms with E-state index in [1.807, 2.05) is 42.3 Å². The lowest BCUT2D eigenvalue weighted by molar-refractivity contribution is -0.135. The zero-order valence-corrected chi connectivity index (χ0v) is 15.5. The largest absolute Gasteiger partial charge is 0.461 e. The van der Waals surface area contributed by atoms with Gasteiger partial charge in [0, 0.05) is 5.02 Å². The molecule has 0 saturated carbocycles. The minimum Gasteiger partial charge on any atom is -0.461 e. The normalized spacial score (nSPS) is 19.9. The van der Waals surface area contributed by atoms with E-state index in [2.05, 4.69) is 30.3 Å². The van der Waals surface area contributed by atoms with Crippen molar-refractivity contribution < 1.29 is 9.53 Å². The lowest BCUT2D eigenvalue weighted by atomic mass is 9.92. The van der Waals surface area contributed by atoms with E-state index in [9.17, 15) is 4.79 Å². The molecule has 0 saturated heterocycles. The highest BCUT2D eigenvalue weighted by atomic mass is 35.5. The fraction of sp³-hybridized carbons (Fsp3) is 0.182. The van der Waals surface area contributed by atoms with Gasteiger partial charge in [0.2, 0.25) is 0 Å². The van der Waals surface area contributed by atoms with Gasteiger partial charge in [-0.05, 0) is 47.0 Å². The Bertz CT molecular complexity index is 1100. The maximum atomic E-state index is 12.7. The van der Waals surface area contributed by atoms with Gasteiger partial charge in [0.25, 0.3) is 0 Å². The molecule has 5 rings (SSSR count). The molecule has 2 aliphatic rings. The summed E-state index contributed by atoms with van der Waals surface area (Å²) in [6.45, 7) is 2.13. The Morgan fingerprint density at radius 2 is 1.85 bits per heavy atom.